The summed E-state index contributed by atoms with van der Waals surface area (Å²) in [5, 5.41) is 23.2. The van der Waals surface area contributed by atoms with Crippen molar-refractivity contribution in [2.24, 2.45) is 0 Å². The van der Waals surface area contributed by atoms with Crippen molar-refractivity contribution in [1.29, 1.82) is 5.41 Å². The summed E-state index contributed by atoms with van der Waals surface area (Å²) in [4.78, 5) is 12.6. The van der Waals surface area contributed by atoms with Crippen LogP contribution in [0.1, 0.15) is 31.1 Å². The maximum absolute atomic E-state index is 10.3. The predicted molar refractivity (Wildman–Crippen MR) is 81.9 cm³/mol. The van der Waals surface area contributed by atoms with E-state index in [0.29, 0.717) is 0 Å². The first kappa shape index (κ1) is 20.2. The molecule has 1 aromatic carbocycles. The maximum Gasteiger partial charge on any atom is 0.339 e. The molecule has 1 rings (SSSR count). The Morgan fingerprint density at radius 2 is 1.65 bits per heavy atom. The van der Waals surface area contributed by atoms with Gasteiger partial charge in [0.25, 0.3) is 0 Å². The van der Waals surface area contributed by atoms with Gasteiger partial charge in [-0.1, -0.05) is 32.9 Å². The number of carboxylic acid groups (broad SMARTS) is 1. The normalized spacial score (nSPS) is 8.60. The second-order valence-electron chi connectivity index (χ2n) is 3.62. The molecule has 112 valence electrons. The van der Waals surface area contributed by atoms with Crippen LogP contribution in [0.3, 0.4) is 0 Å². The van der Waals surface area contributed by atoms with E-state index in [1.807, 2.05) is 0 Å². The fourth-order valence-corrected chi connectivity index (χ4v) is 1.33. The van der Waals surface area contributed by atoms with Crippen molar-refractivity contribution in [2.45, 2.75) is 20.8 Å². The lowest BCUT2D eigenvalue weighted by Gasteiger charge is -2.13. The van der Waals surface area contributed by atoms with Gasteiger partial charge in [-0.2, -0.15) is 0 Å². The van der Waals surface area contributed by atoms with Crippen LogP contribution in [0.15, 0.2) is 30.8 Å². The second kappa shape index (κ2) is 13.3. The van der Waals surface area contributed by atoms with Gasteiger partial charge in [-0.3, -0.25) is 5.41 Å². The highest BCUT2D eigenvalue weighted by molar-refractivity contribution is 5.90. The molecule has 20 heavy (non-hydrogen) atoms. The highest BCUT2D eigenvalue weighted by Gasteiger charge is 2.05. The molecule has 0 saturated carbocycles. The number of carbonyl (C=O) groups is 1. The third-order valence-electron chi connectivity index (χ3n) is 2.48. The minimum absolute atomic E-state index is 0.0671. The minimum Gasteiger partial charge on any atom is -0.507 e. The Balaban J connectivity index is 0. The highest BCUT2D eigenvalue weighted by Crippen LogP contribution is 2.14. The number of para-hydroxylation sites is 1. The number of phenols is 1. The van der Waals surface area contributed by atoms with E-state index in [1.54, 1.807) is 18.0 Å². The Hall–Kier alpha value is -2.10. The van der Waals surface area contributed by atoms with Crippen LogP contribution >= 0.6 is 0 Å². The van der Waals surface area contributed by atoms with Crippen LogP contribution in [-0.2, 0) is 0 Å². The lowest BCUT2D eigenvalue weighted by molar-refractivity contribution is 0.0693. The van der Waals surface area contributed by atoms with Gasteiger partial charge in [0.15, 0.2) is 0 Å². The van der Waals surface area contributed by atoms with Crippen molar-refractivity contribution in [3.63, 3.8) is 0 Å². The number of carboxylic acids is 1. The van der Waals surface area contributed by atoms with E-state index in [2.05, 4.69) is 32.3 Å². The van der Waals surface area contributed by atoms with Crippen LogP contribution in [-0.4, -0.2) is 46.6 Å². The molecule has 0 atom stereocenters. The first-order valence-corrected chi connectivity index (χ1v) is 6.40. The van der Waals surface area contributed by atoms with Crippen LogP contribution in [0.2, 0.25) is 0 Å². The lowest BCUT2D eigenvalue weighted by atomic mass is 10.2. The zero-order valence-electron chi connectivity index (χ0n) is 12.4. The summed E-state index contributed by atoms with van der Waals surface area (Å²) in [6.45, 7) is 13.0. The van der Waals surface area contributed by atoms with Gasteiger partial charge in [0, 0.05) is 0 Å². The van der Waals surface area contributed by atoms with Crippen LogP contribution in [0, 0.1) is 5.41 Å². The molecule has 5 nitrogen and oxygen atoms in total. The molecule has 0 amide bonds. The Bertz CT molecular complexity index is 404. The van der Waals surface area contributed by atoms with Gasteiger partial charge in [0.1, 0.15) is 11.3 Å². The van der Waals surface area contributed by atoms with Crippen molar-refractivity contribution >= 4 is 11.8 Å². The number of benzene rings is 1. The molecule has 0 bridgehead atoms. The fraction of sp³-hybridized carbons (Fsp3) is 0.400. The number of rotatable bonds is 4. The van der Waals surface area contributed by atoms with Gasteiger partial charge in [0.05, 0.1) is 0 Å². The first-order valence-electron chi connectivity index (χ1n) is 6.40. The lowest BCUT2D eigenvalue weighted by Crippen LogP contribution is -2.21. The van der Waals surface area contributed by atoms with Gasteiger partial charge in [0.2, 0.25) is 0 Å². The highest BCUT2D eigenvalue weighted by atomic mass is 16.4. The third kappa shape index (κ3) is 9.88. The molecule has 0 saturated heterocycles. The topological polar surface area (TPSA) is 84.6 Å². The summed E-state index contributed by atoms with van der Waals surface area (Å²) in [7, 11) is 0. The molecular weight excluding hydrogens is 256 g/mol. The Morgan fingerprint density at radius 3 is 1.85 bits per heavy atom. The van der Waals surface area contributed by atoms with Crippen LogP contribution in [0.4, 0.5) is 0 Å². The number of nitrogens with zero attached hydrogens (tertiary/aromatic N) is 1. The van der Waals surface area contributed by atoms with Crippen LogP contribution in [0.25, 0.3) is 0 Å². The van der Waals surface area contributed by atoms with Crippen molar-refractivity contribution < 1.29 is 15.0 Å². The molecule has 0 heterocycles. The fourth-order valence-electron chi connectivity index (χ4n) is 1.33. The smallest absolute Gasteiger partial charge is 0.339 e. The first-order chi connectivity index (χ1) is 9.48. The Labute approximate surface area is 120 Å². The zero-order valence-corrected chi connectivity index (χ0v) is 12.4. The molecule has 0 spiro atoms. The quantitative estimate of drug-likeness (QED) is 0.740. The molecular formula is C15H24N2O3. The molecule has 0 radical (unpaired) electrons. The van der Waals surface area contributed by atoms with Crippen molar-refractivity contribution in [1.82, 2.24) is 4.90 Å². The van der Waals surface area contributed by atoms with Gasteiger partial charge >= 0.3 is 5.97 Å². The number of hydrogen-bond acceptors (Lipinski definition) is 4. The monoisotopic (exact) mass is 280 g/mol. The number of aromatic carboxylic acids is 1. The second-order valence-corrected chi connectivity index (χ2v) is 3.62. The molecule has 0 fully saturated rings. The van der Waals surface area contributed by atoms with E-state index in [0.717, 1.165) is 0 Å². The van der Waals surface area contributed by atoms with E-state index in [9.17, 15) is 4.79 Å². The van der Waals surface area contributed by atoms with E-state index in [-0.39, 0.29) is 11.3 Å². The third-order valence-corrected chi connectivity index (χ3v) is 2.48. The van der Waals surface area contributed by atoms with Crippen molar-refractivity contribution in [2.75, 3.05) is 19.6 Å². The van der Waals surface area contributed by atoms with E-state index in [1.165, 1.54) is 31.8 Å². The average molecular weight is 280 g/mol. The predicted octanol–water partition coefficient (Wildman–Crippen LogP) is 2.86. The van der Waals surface area contributed by atoms with Gasteiger partial charge in [-0.05, 0) is 44.2 Å². The Morgan fingerprint density at radius 1 is 1.25 bits per heavy atom. The molecule has 0 unspecified atom stereocenters. The molecule has 5 heteroatoms. The minimum atomic E-state index is -1.11. The summed E-state index contributed by atoms with van der Waals surface area (Å²) in [6, 6.07) is 5.81. The Kier molecular flexibility index (Phi) is 13.5. The summed E-state index contributed by atoms with van der Waals surface area (Å²) in [5.74, 6) is 0.438. The zero-order chi connectivity index (χ0) is 16.0. The SMILES string of the molecule is C=C=N.CCN(CC)CC.O=C(O)c1ccccc1O. The van der Waals surface area contributed by atoms with Crippen LogP contribution in [0.5, 0.6) is 5.75 Å². The van der Waals surface area contributed by atoms with Gasteiger partial charge < -0.3 is 15.1 Å². The average Bonchev–Trinajstić information content (AvgIpc) is 2.42. The summed E-state index contributed by atoms with van der Waals surface area (Å²) in [5.41, 5.74) is -0.0671. The standard InChI is InChI=1S/C7H6O3.C6H15N.C2H3N/c8-6-4-2-1-3-5(6)7(9)10;1-4-7(5-2)6-3;1-2-3/h1-4,8H,(H,9,10);4-6H2,1-3H3;3H,1H2. The van der Waals surface area contributed by atoms with Crippen LogP contribution < -0.4 is 0 Å². The summed E-state index contributed by atoms with van der Waals surface area (Å²) < 4.78 is 0. The molecule has 0 aliphatic heterocycles. The summed E-state index contributed by atoms with van der Waals surface area (Å²) in [6.07, 6.45) is 0. The molecule has 1 aromatic rings. The number of aromatic hydroxyl groups is 1. The van der Waals surface area contributed by atoms with Gasteiger partial charge in [-0.15, -0.1) is 0 Å². The number of nitrogens with one attached hydrogen (secondary N) is 1. The van der Waals surface area contributed by atoms with Crippen molar-refractivity contribution in [3.8, 4) is 5.75 Å². The largest absolute Gasteiger partial charge is 0.507 e. The molecule has 0 aliphatic carbocycles. The van der Waals surface area contributed by atoms with E-state index >= 15 is 0 Å². The molecule has 0 aromatic heterocycles. The maximum atomic E-state index is 10.3. The molecule has 3 N–H and O–H groups in total. The van der Waals surface area contributed by atoms with Gasteiger partial charge in [-0.25, -0.2) is 4.79 Å². The van der Waals surface area contributed by atoms with Crippen molar-refractivity contribution in [3.05, 3.63) is 36.4 Å². The molecule has 0 aliphatic rings. The van der Waals surface area contributed by atoms with E-state index < -0.39 is 5.97 Å². The summed E-state index contributed by atoms with van der Waals surface area (Å²) >= 11 is 0. The van der Waals surface area contributed by atoms with E-state index in [4.69, 9.17) is 15.6 Å². The number of hydrogen-bond donors (Lipinski definition) is 3.